The summed E-state index contributed by atoms with van der Waals surface area (Å²) in [6, 6.07) is 0. The third-order valence-electron chi connectivity index (χ3n) is 1.80. The summed E-state index contributed by atoms with van der Waals surface area (Å²) >= 11 is 0. The fourth-order valence-electron chi connectivity index (χ4n) is 0.883. The first-order valence-electron chi connectivity index (χ1n) is 3.16. The molecule has 0 aromatic carbocycles. The zero-order valence-electron chi connectivity index (χ0n) is 6.05. The summed E-state index contributed by atoms with van der Waals surface area (Å²) in [6.45, 7) is 3.38. The summed E-state index contributed by atoms with van der Waals surface area (Å²) in [5.74, 6) is -0.309. The molecule has 1 N–H and O–H groups in total. The minimum Gasteiger partial charge on any atom is -0.452 e. The maximum absolute atomic E-state index is 10.8. The summed E-state index contributed by atoms with van der Waals surface area (Å²) in [7, 11) is 0. The zero-order chi connectivity index (χ0) is 7.72. The van der Waals surface area contributed by atoms with Gasteiger partial charge in [0, 0.05) is 5.57 Å². The molecule has 10 heavy (non-hydrogen) atoms. The molecule has 0 fully saturated rings. The number of hydrogen-bond acceptors (Lipinski definition) is 3. The van der Waals surface area contributed by atoms with Gasteiger partial charge >= 0.3 is 5.97 Å². The predicted octanol–water partition coefficient (Wildman–Crippen LogP) is 0.240. The van der Waals surface area contributed by atoms with E-state index in [1.807, 2.05) is 0 Å². The van der Waals surface area contributed by atoms with Crippen LogP contribution in [-0.4, -0.2) is 23.8 Å². The molecular weight excluding hydrogens is 132 g/mol. The minimum atomic E-state index is -0.396. The molecule has 1 heterocycles. The number of rotatable bonds is 1. The fourth-order valence-corrected chi connectivity index (χ4v) is 0.883. The lowest BCUT2D eigenvalue weighted by Gasteiger charge is -2.05. The number of cyclic esters (lactones) is 1. The monoisotopic (exact) mass is 142 g/mol. The third kappa shape index (κ3) is 0.926. The van der Waals surface area contributed by atoms with E-state index in [1.165, 1.54) is 0 Å². The summed E-state index contributed by atoms with van der Waals surface area (Å²) < 4.78 is 4.77. The molecular formula is C7H10O3. The third-order valence-corrected chi connectivity index (χ3v) is 1.80. The van der Waals surface area contributed by atoms with Gasteiger partial charge in [0.2, 0.25) is 0 Å². The Bertz CT molecular complexity index is 193. The number of esters is 1. The second-order valence-electron chi connectivity index (χ2n) is 2.38. The van der Waals surface area contributed by atoms with Crippen LogP contribution in [0.5, 0.6) is 0 Å². The standard InChI is InChI=1S/C7H10O3/c1-4-5(2)7(9)10-6(4)3-8/h6,8H,3H2,1-2H3. The van der Waals surface area contributed by atoms with Crippen molar-refractivity contribution >= 4 is 5.97 Å². The van der Waals surface area contributed by atoms with Crippen molar-refractivity contribution in [1.29, 1.82) is 0 Å². The molecule has 0 aromatic rings. The molecule has 1 aliphatic heterocycles. The van der Waals surface area contributed by atoms with Crippen molar-refractivity contribution in [2.75, 3.05) is 6.61 Å². The van der Waals surface area contributed by atoms with Crippen molar-refractivity contribution in [3.63, 3.8) is 0 Å². The Hall–Kier alpha value is -0.830. The molecule has 0 spiro atoms. The van der Waals surface area contributed by atoms with Gasteiger partial charge in [-0.05, 0) is 19.4 Å². The zero-order valence-corrected chi connectivity index (χ0v) is 6.05. The van der Waals surface area contributed by atoms with Crippen molar-refractivity contribution in [3.8, 4) is 0 Å². The predicted molar refractivity (Wildman–Crippen MR) is 35.3 cm³/mol. The molecule has 3 nitrogen and oxygen atoms in total. The molecule has 1 atom stereocenters. The average Bonchev–Trinajstić information content (AvgIpc) is 2.17. The lowest BCUT2D eigenvalue weighted by molar-refractivity contribution is -0.141. The highest BCUT2D eigenvalue weighted by Crippen LogP contribution is 2.20. The van der Waals surface area contributed by atoms with E-state index in [9.17, 15) is 4.79 Å². The Kier molecular flexibility index (Phi) is 1.76. The first-order valence-corrected chi connectivity index (χ1v) is 3.16. The van der Waals surface area contributed by atoms with Crippen LogP contribution in [-0.2, 0) is 9.53 Å². The Labute approximate surface area is 59.3 Å². The van der Waals surface area contributed by atoms with Crippen LogP contribution in [0.25, 0.3) is 0 Å². The summed E-state index contributed by atoms with van der Waals surface area (Å²) in [5, 5.41) is 8.66. The second-order valence-corrected chi connectivity index (χ2v) is 2.38. The SMILES string of the molecule is CC1=C(C)C(CO)OC1=O. The molecule has 0 bridgehead atoms. The molecule has 1 unspecified atom stereocenters. The van der Waals surface area contributed by atoms with E-state index in [0.717, 1.165) is 5.57 Å². The molecule has 0 radical (unpaired) electrons. The van der Waals surface area contributed by atoms with Crippen LogP contribution in [0.15, 0.2) is 11.1 Å². The lowest BCUT2D eigenvalue weighted by Crippen LogP contribution is -2.14. The normalized spacial score (nSPS) is 25.5. The molecule has 1 aliphatic rings. The lowest BCUT2D eigenvalue weighted by atomic mass is 10.1. The molecule has 0 saturated heterocycles. The first-order chi connectivity index (χ1) is 4.66. The number of aliphatic hydroxyl groups is 1. The van der Waals surface area contributed by atoms with E-state index in [4.69, 9.17) is 9.84 Å². The Morgan fingerprint density at radius 2 is 2.20 bits per heavy atom. The van der Waals surface area contributed by atoms with Crippen LogP contribution in [0.1, 0.15) is 13.8 Å². The molecule has 56 valence electrons. The molecule has 3 heteroatoms. The topological polar surface area (TPSA) is 46.5 Å². The van der Waals surface area contributed by atoms with Gasteiger partial charge in [-0.15, -0.1) is 0 Å². The van der Waals surface area contributed by atoms with E-state index in [-0.39, 0.29) is 12.6 Å². The van der Waals surface area contributed by atoms with Crippen LogP contribution in [0.3, 0.4) is 0 Å². The largest absolute Gasteiger partial charge is 0.452 e. The second kappa shape index (κ2) is 2.42. The van der Waals surface area contributed by atoms with Crippen LogP contribution in [0, 0.1) is 0 Å². The number of ether oxygens (including phenoxy) is 1. The van der Waals surface area contributed by atoms with Crippen LogP contribution in [0.2, 0.25) is 0 Å². The number of aliphatic hydroxyl groups excluding tert-OH is 1. The fraction of sp³-hybridized carbons (Fsp3) is 0.571. The first kappa shape index (κ1) is 7.28. The van der Waals surface area contributed by atoms with Gasteiger partial charge < -0.3 is 9.84 Å². The van der Waals surface area contributed by atoms with Gasteiger partial charge in [-0.3, -0.25) is 0 Å². The van der Waals surface area contributed by atoms with E-state index in [2.05, 4.69) is 0 Å². The van der Waals surface area contributed by atoms with Gasteiger partial charge in [0.1, 0.15) is 6.10 Å². The number of hydrogen-bond donors (Lipinski definition) is 1. The molecule has 0 saturated carbocycles. The van der Waals surface area contributed by atoms with Crippen molar-refractivity contribution in [3.05, 3.63) is 11.1 Å². The van der Waals surface area contributed by atoms with Crippen LogP contribution in [0.4, 0.5) is 0 Å². The Balaban J connectivity index is 2.83. The maximum Gasteiger partial charge on any atom is 0.334 e. The average molecular weight is 142 g/mol. The summed E-state index contributed by atoms with van der Waals surface area (Å²) in [6.07, 6.45) is -0.396. The minimum absolute atomic E-state index is 0.116. The van der Waals surface area contributed by atoms with Crippen LogP contribution < -0.4 is 0 Å². The van der Waals surface area contributed by atoms with Crippen molar-refractivity contribution in [2.45, 2.75) is 20.0 Å². The molecule has 0 aromatic heterocycles. The van der Waals surface area contributed by atoms with E-state index in [0.29, 0.717) is 5.57 Å². The highest BCUT2D eigenvalue weighted by atomic mass is 16.6. The van der Waals surface area contributed by atoms with Gasteiger partial charge in [-0.25, -0.2) is 4.79 Å². The molecule has 0 amide bonds. The van der Waals surface area contributed by atoms with Gasteiger partial charge in [-0.1, -0.05) is 0 Å². The summed E-state index contributed by atoms with van der Waals surface area (Å²) in [5.41, 5.74) is 1.46. The molecule has 0 aliphatic carbocycles. The number of carbonyl (C=O) groups is 1. The van der Waals surface area contributed by atoms with Gasteiger partial charge in [0.05, 0.1) is 6.61 Å². The van der Waals surface area contributed by atoms with Gasteiger partial charge in [-0.2, -0.15) is 0 Å². The highest BCUT2D eigenvalue weighted by molar-refractivity contribution is 5.91. The molecule has 1 rings (SSSR count). The Morgan fingerprint density at radius 1 is 1.60 bits per heavy atom. The smallest absolute Gasteiger partial charge is 0.334 e. The van der Waals surface area contributed by atoms with Crippen LogP contribution >= 0.6 is 0 Å². The number of carbonyl (C=O) groups excluding carboxylic acids is 1. The van der Waals surface area contributed by atoms with Crippen molar-refractivity contribution in [1.82, 2.24) is 0 Å². The maximum atomic E-state index is 10.8. The van der Waals surface area contributed by atoms with E-state index in [1.54, 1.807) is 13.8 Å². The van der Waals surface area contributed by atoms with E-state index >= 15 is 0 Å². The quantitative estimate of drug-likeness (QED) is 0.533. The van der Waals surface area contributed by atoms with Crippen molar-refractivity contribution in [2.24, 2.45) is 0 Å². The highest BCUT2D eigenvalue weighted by Gasteiger charge is 2.27. The van der Waals surface area contributed by atoms with Gasteiger partial charge in [0.25, 0.3) is 0 Å². The van der Waals surface area contributed by atoms with Gasteiger partial charge in [0.15, 0.2) is 0 Å². The van der Waals surface area contributed by atoms with E-state index < -0.39 is 6.10 Å². The summed E-state index contributed by atoms with van der Waals surface area (Å²) in [4.78, 5) is 10.8. The Morgan fingerprint density at radius 3 is 2.40 bits per heavy atom. The van der Waals surface area contributed by atoms with Crippen molar-refractivity contribution < 1.29 is 14.6 Å².